The Bertz CT molecular complexity index is 410. The van der Waals surface area contributed by atoms with Gasteiger partial charge in [-0.3, -0.25) is 4.79 Å². The predicted octanol–water partition coefficient (Wildman–Crippen LogP) is 1.13. The van der Waals surface area contributed by atoms with Crippen molar-refractivity contribution in [1.29, 1.82) is 0 Å². The van der Waals surface area contributed by atoms with Crippen molar-refractivity contribution in [3.63, 3.8) is 0 Å². The second kappa shape index (κ2) is 3.99. The topological polar surface area (TPSA) is 92.2 Å². The summed E-state index contributed by atoms with van der Waals surface area (Å²) in [5, 5.41) is 16.9. The largest absolute Gasteiger partial charge is 0.360 e. The van der Waals surface area contributed by atoms with Crippen molar-refractivity contribution < 1.29 is 9.32 Å². The molecular weight excluding hydrogens is 198 g/mol. The Balaban J connectivity index is 1.87. The third-order valence-corrected chi connectivity index (χ3v) is 1.78. The first-order chi connectivity index (χ1) is 7.24. The van der Waals surface area contributed by atoms with E-state index in [1.54, 1.807) is 13.0 Å². The number of aromatic nitrogens is 1. The Morgan fingerprint density at radius 1 is 1.67 bits per heavy atom. The highest BCUT2D eigenvalue weighted by Crippen LogP contribution is 2.09. The molecule has 0 aromatic carbocycles. The normalized spacial score (nSPS) is 18.3. The van der Waals surface area contributed by atoms with Crippen molar-refractivity contribution in [2.24, 2.45) is 15.4 Å². The molecule has 2 heterocycles. The van der Waals surface area contributed by atoms with Crippen LogP contribution in [0.2, 0.25) is 0 Å². The van der Waals surface area contributed by atoms with Crippen LogP contribution in [0.25, 0.3) is 0 Å². The van der Waals surface area contributed by atoms with Crippen molar-refractivity contribution in [1.82, 2.24) is 5.16 Å². The van der Waals surface area contributed by atoms with Gasteiger partial charge in [0.25, 0.3) is 0 Å². The average Bonchev–Trinajstić information content (AvgIpc) is 2.77. The Labute approximate surface area is 85.2 Å². The first-order valence-corrected chi connectivity index (χ1v) is 4.40. The number of nitrogens with zero attached hydrogens (tertiary/aromatic N) is 4. The smallest absolute Gasteiger partial charge is 0.228 e. The zero-order valence-electron chi connectivity index (χ0n) is 8.04. The summed E-state index contributed by atoms with van der Waals surface area (Å²) in [5.74, 6) is 0.859. The molecule has 1 N–H and O–H groups in total. The Hall–Kier alpha value is -2.05. The van der Waals surface area contributed by atoms with Gasteiger partial charge in [-0.2, -0.15) is 5.11 Å². The summed E-state index contributed by atoms with van der Waals surface area (Å²) in [6, 6.07) is 1.38. The quantitative estimate of drug-likeness (QED) is 0.805. The SMILES string of the molecule is Cc1cc(NC(=O)C[C@H]2C=NN=N2)no1. The third-order valence-electron chi connectivity index (χ3n) is 1.78. The minimum atomic E-state index is -0.266. The summed E-state index contributed by atoms with van der Waals surface area (Å²) in [5.41, 5.74) is 0. The van der Waals surface area contributed by atoms with Crippen LogP contribution in [0.1, 0.15) is 12.2 Å². The predicted molar refractivity (Wildman–Crippen MR) is 51.6 cm³/mol. The number of aryl methyl sites for hydroxylation is 1. The van der Waals surface area contributed by atoms with Gasteiger partial charge in [-0.15, -0.1) is 5.10 Å². The maximum atomic E-state index is 11.4. The van der Waals surface area contributed by atoms with Crippen molar-refractivity contribution in [3.05, 3.63) is 11.8 Å². The number of rotatable bonds is 3. The molecule has 1 aromatic heterocycles. The number of hydrogen-bond acceptors (Lipinski definition) is 6. The van der Waals surface area contributed by atoms with Gasteiger partial charge in [0.05, 0.1) is 12.6 Å². The first-order valence-electron chi connectivity index (χ1n) is 4.40. The van der Waals surface area contributed by atoms with E-state index >= 15 is 0 Å². The van der Waals surface area contributed by atoms with E-state index in [4.69, 9.17) is 4.52 Å². The van der Waals surface area contributed by atoms with Crippen molar-refractivity contribution in [2.75, 3.05) is 5.32 Å². The molecule has 1 aliphatic rings. The highest BCUT2D eigenvalue weighted by molar-refractivity contribution is 5.92. The Kier molecular flexibility index (Phi) is 2.53. The van der Waals surface area contributed by atoms with Crippen LogP contribution in [0.5, 0.6) is 0 Å². The van der Waals surface area contributed by atoms with E-state index < -0.39 is 0 Å². The maximum absolute atomic E-state index is 11.4. The minimum Gasteiger partial charge on any atom is -0.360 e. The van der Waals surface area contributed by atoms with E-state index in [9.17, 15) is 4.79 Å². The molecule has 0 spiro atoms. The van der Waals surface area contributed by atoms with Gasteiger partial charge in [-0.25, -0.2) is 0 Å². The lowest BCUT2D eigenvalue weighted by molar-refractivity contribution is -0.116. The number of anilines is 1. The fourth-order valence-electron chi connectivity index (χ4n) is 1.14. The number of carbonyl (C=O) groups excluding carboxylic acids is 1. The van der Waals surface area contributed by atoms with Crippen LogP contribution in [-0.4, -0.2) is 23.3 Å². The van der Waals surface area contributed by atoms with E-state index in [1.165, 1.54) is 6.21 Å². The summed E-state index contributed by atoms with van der Waals surface area (Å²) in [6.07, 6.45) is 1.73. The summed E-state index contributed by atoms with van der Waals surface area (Å²) >= 11 is 0. The number of nitrogens with one attached hydrogen (secondary N) is 1. The van der Waals surface area contributed by atoms with Gasteiger partial charge in [0, 0.05) is 6.07 Å². The van der Waals surface area contributed by atoms with Crippen LogP contribution in [0.3, 0.4) is 0 Å². The van der Waals surface area contributed by atoms with Gasteiger partial charge in [0.1, 0.15) is 11.8 Å². The van der Waals surface area contributed by atoms with Gasteiger partial charge in [-0.05, 0) is 12.1 Å². The molecule has 0 radical (unpaired) electrons. The molecule has 15 heavy (non-hydrogen) atoms. The lowest BCUT2D eigenvalue weighted by Crippen LogP contribution is -2.18. The molecule has 1 aromatic rings. The molecule has 0 saturated carbocycles. The zero-order valence-corrected chi connectivity index (χ0v) is 8.04. The maximum Gasteiger partial charge on any atom is 0.228 e. The van der Waals surface area contributed by atoms with E-state index in [0.717, 1.165) is 0 Å². The second-order valence-corrected chi connectivity index (χ2v) is 3.11. The van der Waals surface area contributed by atoms with Gasteiger partial charge in [0.2, 0.25) is 5.91 Å². The number of amides is 1. The van der Waals surface area contributed by atoms with Gasteiger partial charge >= 0.3 is 0 Å². The molecule has 78 valence electrons. The van der Waals surface area contributed by atoms with Gasteiger partial charge in [-0.1, -0.05) is 5.16 Å². The van der Waals surface area contributed by atoms with Crippen LogP contribution >= 0.6 is 0 Å². The molecule has 0 fully saturated rings. The number of carbonyl (C=O) groups is 1. The summed E-state index contributed by atoms with van der Waals surface area (Å²) in [6.45, 7) is 1.75. The fraction of sp³-hybridized carbons (Fsp3) is 0.375. The average molecular weight is 207 g/mol. The van der Waals surface area contributed by atoms with Gasteiger partial charge in [0.15, 0.2) is 5.82 Å². The fourth-order valence-corrected chi connectivity index (χ4v) is 1.14. The zero-order chi connectivity index (χ0) is 10.7. The lowest BCUT2D eigenvalue weighted by Gasteiger charge is -2.01. The van der Waals surface area contributed by atoms with Gasteiger partial charge < -0.3 is 9.84 Å². The van der Waals surface area contributed by atoms with Crippen LogP contribution in [0.4, 0.5) is 5.82 Å². The molecule has 1 amide bonds. The lowest BCUT2D eigenvalue weighted by atomic mass is 10.2. The summed E-state index contributed by atoms with van der Waals surface area (Å²) < 4.78 is 4.80. The van der Waals surface area contributed by atoms with Crippen molar-refractivity contribution >= 4 is 17.9 Å². The van der Waals surface area contributed by atoms with E-state index in [0.29, 0.717) is 11.6 Å². The van der Waals surface area contributed by atoms with Crippen LogP contribution in [0.15, 0.2) is 26.0 Å². The van der Waals surface area contributed by atoms with Crippen LogP contribution in [0, 0.1) is 6.92 Å². The Morgan fingerprint density at radius 2 is 2.53 bits per heavy atom. The molecule has 2 rings (SSSR count). The molecular formula is C8H9N5O2. The number of hydrogen-bond donors (Lipinski definition) is 1. The minimum absolute atomic E-state index is 0.194. The molecule has 0 aliphatic carbocycles. The molecule has 0 bridgehead atoms. The van der Waals surface area contributed by atoms with E-state index in [-0.39, 0.29) is 18.4 Å². The Morgan fingerprint density at radius 3 is 3.13 bits per heavy atom. The third kappa shape index (κ3) is 2.46. The second-order valence-electron chi connectivity index (χ2n) is 3.11. The molecule has 0 unspecified atom stereocenters. The molecule has 1 atom stereocenters. The van der Waals surface area contributed by atoms with Crippen molar-refractivity contribution in [3.8, 4) is 0 Å². The molecule has 7 nitrogen and oxygen atoms in total. The monoisotopic (exact) mass is 207 g/mol. The van der Waals surface area contributed by atoms with E-state index in [2.05, 4.69) is 25.9 Å². The van der Waals surface area contributed by atoms with Crippen LogP contribution < -0.4 is 5.32 Å². The molecule has 7 heteroatoms. The van der Waals surface area contributed by atoms with E-state index in [1.807, 2.05) is 0 Å². The summed E-state index contributed by atoms with van der Waals surface area (Å²) in [7, 11) is 0. The molecule has 1 aliphatic heterocycles. The molecule has 0 saturated heterocycles. The highest BCUT2D eigenvalue weighted by Gasteiger charge is 2.14. The first kappa shape index (κ1) is 9.50. The standard InChI is InChI=1S/C8H9N5O2/c1-5-2-7(12-15-5)10-8(14)3-6-4-9-13-11-6/h2,4,6H,3H2,1H3,(H,10,12,14)/t6-/m0/s1. The summed E-state index contributed by atoms with van der Waals surface area (Å²) in [4.78, 5) is 11.4. The highest BCUT2D eigenvalue weighted by atomic mass is 16.5. The van der Waals surface area contributed by atoms with Crippen LogP contribution in [-0.2, 0) is 4.79 Å². The van der Waals surface area contributed by atoms with Crippen molar-refractivity contribution in [2.45, 2.75) is 19.4 Å².